The molecule has 186 valence electrons. The minimum absolute atomic E-state index is 0. The highest BCUT2D eigenvalue weighted by Gasteiger charge is 2.27. The van der Waals surface area contributed by atoms with Crippen LogP contribution in [0.1, 0.15) is 50.2 Å². The van der Waals surface area contributed by atoms with Crippen LogP contribution in [0.25, 0.3) is 22.0 Å². The van der Waals surface area contributed by atoms with E-state index in [1.807, 2.05) is 13.8 Å². The van der Waals surface area contributed by atoms with Crippen LogP contribution < -0.4 is 10.6 Å². The summed E-state index contributed by atoms with van der Waals surface area (Å²) in [6.07, 6.45) is 3.12. The lowest BCUT2D eigenvalue weighted by molar-refractivity contribution is 0.353. The average molecular weight is 523 g/mol. The molecular weight excluding hydrogens is 497 g/mol. The van der Waals surface area contributed by atoms with Crippen molar-refractivity contribution >= 4 is 47.2 Å². The van der Waals surface area contributed by atoms with Crippen molar-refractivity contribution in [3.05, 3.63) is 60.0 Å². The topological polar surface area (TPSA) is 94.0 Å². The molecule has 2 N–H and O–H groups in total. The SMILES string of the molecule is CC(C)c1nc(C2CCN(c3ncnc4c(-c5ccc(N)c(F)c5)cc(F)cc34)CC2)no1.Cl.Cl. The number of nitrogens with zero attached hydrogens (tertiary/aromatic N) is 5. The van der Waals surface area contributed by atoms with E-state index in [9.17, 15) is 8.78 Å². The molecule has 0 amide bonds. The predicted molar refractivity (Wildman–Crippen MR) is 136 cm³/mol. The van der Waals surface area contributed by atoms with Crippen molar-refractivity contribution in [1.29, 1.82) is 0 Å². The van der Waals surface area contributed by atoms with Crippen molar-refractivity contribution in [2.24, 2.45) is 0 Å². The van der Waals surface area contributed by atoms with Crippen molar-refractivity contribution in [1.82, 2.24) is 20.1 Å². The Kier molecular flexibility index (Phi) is 8.12. The molecule has 7 nitrogen and oxygen atoms in total. The lowest BCUT2D eigenvalue weighted by Crippen LogP contribution is -2.34. The van der Waals surface area contributed by atoms with E-state index in [-0.39, 0.29) is 42.3 Å². The van der Waals surface area contributed by atoms with Crippen LogP contribution in [0.3, 0.4) is 0 Å². The van der Waals surface area contributed by atoms with Gasteiger partial charge in [0.05, 0.1) is 11.2 Å². The van der Waals surface area contributed by atoms with Gasteiger partial charge in [0.2, 0.25) is 5.89 Å². The number of piperidine rings is 1. The third kappa shape index (κ3) is 5.16. The number of nitrogens with two attached hydrogens (primary N) is 1. The first-order chi connectivity index (χ1) is 15.9. The Bertz CT molecular complexity index is 1320. The maximum absolute atomic E-state index is 14.6. The molecule has 11 heteroatoms. The lowest BCUT2D eigenvalue weighted by Gasteiger charge is -2.32. The third-order valence-corrected chi connectivity index (χ3v) is 6.10. The molecule has 2 aromatic carbocycles. The average Bonchev–Trinajstić information content (AvgIpc) is 3.31. The van der Waals surface area contributed by atoms with Crippen LogP contribution in [-0.2, 0) is 0 Å². The van der Waals surface area contributed by atoms with Crippen molar-refractivity contribution < 1.29 is 13.3 Å². The third-order valence-electron chi connectivity index (χ3n) is 6.10. The van der Waals surface area contributed by atoms with Gasteiger partial charge in [-0.2, -0.15) is 4.98 Å². The monoisotopic (exact) mass is 522 g/mol. The lowest BCUT2D eigenvalue weighted by atomic mass is 9.95. The summed E-state index contributed by atoms with van der Waals surface area (Å²) in [4.78, 5) is 15.5. The summed E-state index contributed by atoms with van der Waals surface area (Å²) in [6.45, 7) is 5.47. The van der Waals surface area contributed by atoms with Crippen LogP contribution in [0.4, 0.5) is 20.3 Å². The molecule has 0 unspecified atom stereocenters. The van der Waals surface area contributed by atoms with Gasteiger partial charge in [0.1, 0.15) is 23.8 Å². The second kappa shape index (κ2) is 10.7. The highest BCUT2D eigenvalue weighted by Crippen LogP contribution is 2.36. The fourth-order valence-electron chi connectivity index (χ4n) is 4.28. The van der Waals surface area contributed by atoms with E-state index in [0.717, 1.165) is 18.7 Å². The number of hydrogen-bond acceptors (Lipinski definition) is 7. The molecule has 0 saturated carbocycles. The summed E-state index contributed by atoms with van der Waals surface area (Å²) in [5, 5.41) is 4.75. The zero-order valence-electron chi connectivity index (χ0n) is 19.2. The van der Waals surface area contributed by atoms with Gasteiger partial charge in [0, 0.05) is 35.9 Å². The molecule has 0 atom stereocenters. The minimum Gasteiger partial charge on any atom is -0.396 e. The summed E-state index contributed by atoms with van der Waals surface area (Å²) in [6, 6.07) is 7.22. The summed E-state index contributed by atoms with van der Waals surface area (Å²) in [5.41, 5.74) is 7.21. The van der Waals surface area contributed by atoms with E-state index in [1.165, 1.54) is 30.6 Å². The van der Waals surface area contributed by atoms with E-state index in [2.05, 4.69) is 25.0 Å². The number of nitrogen functional groups attached to an aromatic ring is 1. The van der Waals surface area contributed by atoms with Crippen LogP contribution in [-0.4, -0.2) is 33.2 Å². The molecule has 3 heterocycles. The van der Waals surface area contributed by atoms with E-state index in [0.29, 0.717) is 46.8 Å². The molecular formula is C24H26Cl2F2N6O. The molecule has 1 saturated heterocycles. The Morgan fingerprint density at radius 3 is 2.46 bits per heavy atom. The number of aromatic nitrogens is 4. The number of halogens is 4. The van der Waals surface area contributed by atoms with Crippen molar-refractivity contribution in [3.63, 3.8) is 0 Å². The first kappa shape index (κ1) is 26.6. The summed E-state index contributed by atoms with van der Waals surface area (Å²) >= 11 is 0. The highest BCUT2D eigenvalue weighted by molar-refractivity contribution is 5.99. The van der Waals surface area contributed by atoms with Crippen molar-refractivity contribution in [3.8, 4) is 11.1 Å². The standard InChI is InChI=1S/C24H24F2N6O.2ClH/c1-13(2)24-30-22(31-33-24)14-5-7-32(8-6-14)23-18-11-16(25)10-17(21(18)28-12-29-23)15-3-4-20(27)19(26)9-15;;/h3-4,9-14H,5-8,27H2,1-2H3;2*1H. The molecule has 1 aliphatic rings. The van der Waals surface area contributed by atoms with Gasteiger partial charge in [-0.15, -0.1) is 24.8 Å². The van der Waals surface area contributed by atoms with Crippen LogP contribution in [0.5, 0.6) is 0 Å². The van der Waals surface area contributed by atoms with Crippen LogP contribution in [0.2, 0.25) is 0 Å². The first-order valence-corrected chi connectivity index (χ1v) is 11.0. The zero-order valence-corrected chi connectivity index (χ0v) is 20.9. The van der Waals surface area contributed by atoms with Crippen LogP contribution in [0, 0.1) is 11.6 Å². The summed E-state index contributed by atoms with van der Waals surface area (Å²) in [7, 11) is 0. The molecule has 35 heavy (non-hydrogen) atoms. The Labute approximate surface area is 214 Å². The van der Waals surface area contributed by atoms with Gasteiger partial charge in [-0.1, -0.05) is 25.1 Å². The van der Waals surface area contributed by atoms with E-state index < -0.39 is 11.6 Å². The summed E-state index contributed by atoms with van der Waals surface area (Å²) in [5.74, 6) is 1.46. The largest absolute Gasteiger partial charge is 0.396 e. The molecule has 2 aromatic heterocycles. The Balaban J connectivity index is 0.00000171. The van der Waals surface area contributed by atoms with Gasteiger partial charge >= 0.3 is 0 Å². The van der Waals surface area contributed by atoms with E-state index >= 15 is 0 Å². The Hall–Kier alpha value is -3.04. The van der Waals surface area contributed by atoms with Gasteiger partial charge in [-0.25, -0.2) is 18.7 Å². The molecule has 1 fully saturated rings. The molecule has 0 aliphatic carbocycles. The number of hydrogen-bond donors (Lipinski definition) is 1. The first-order valence-electron chi connectivity index (χ1n) is 11.0. The van der Waals surface area contributed by atoms with Gasteiger partial charge in [-0.05, 0) is 42.7 Å². The minimum atomic E-state index is -0.552. The fraction of sp³-hybridized carbons (Fsp3) is 0.333. The van der Waals surface area contributed by atoms with Gasteiger partial charge in [0.15, 0.2) is 5.82 Å². The molecule has 0 bridgehead atoms. The quantitative estimate of drug-likeness (QED) is 0.333. The highest BCUT2D eigenvalue weighted by atomic mass is 35.5. The number of anilines is 2. The normalized spacial score (nSPS) is 14.1. The van der Waals surface area contributed by atoms with Gasteiger partial charge in [-0.3, -0.25) is 0 Å². The summed E-state index contributed by atoms with van der Waals surface area (Å²) < 4.78 is 34.1. The van der Waals surface area contributed by atoms with Crippen LogP contribution in [0.15, 0.2) is 41.2 Å². The van der Waals surface area contributed by atoms with E-state index in [4.69, 9.17) is 10.3 Å². The molecule has 1 aliphatic heterocycles. The van der Waals surface area contributed by atoms with Gasteiger partial charge < -0.3 is 15.2 Å². The fourth-order valence-corrected chi connectivity index (χ4v) is 4.28. The number of rotatable bonds is 4. The number of fused-ring (bicyclic) bond motifs is 1. The molecule has 5 rings (SSSR count). The van der Waals surface area contributed by atoms with Crippen molar-refractivity contribution in [2.45, 2.75) is 38.5 Å². The Morgan fingerprint density at radius 1 is 1.06 bits per heavy atom. The smallest absolute Gasteiger partial charge is 0.229 e. The maximum Gasteiger partial charge on any atom is 0.229 e. The predicted octanol–water partition coefficient (Wildman–Crippen LogP) is 5.89. The Morgan fingerprint density at radius 2 is 1.80 bits per heavy atom. The van der Waals surface area contributed by atoms with Crippen LogP contribution >= 0.6 is 24.8 Å². The molecule has 0 spiro atoms. The van der Waals surface area contributed by atoms with Crippen molar-refractivity contribution in [2.75, 3.05) is 23.7 Å². The van der Waals surface area contributed by atoms with E-state index in [1.54, 1.807) is 6.07 Å². The second-order valence-corrected chi connectivity index (χ2v) is 8.69. The molecule has 0 radical (unpaired) electrons. The molecule has 4 aromatic rings. The zero-order chi connectivity index (χ0) is 23.1. The maximum atomic E-state index is 14.6. The number of benzene rings is 2. The van der Waals surface area contributed by atoms with Gasteiger partial charge in [0.25, 0.3) is 0 Å². The second-order valence-electron chi connectivity index (χ2n) is 8.69.